The van der Waals surface area contributed by atoms with Gasteiger partial charge in [0.2, 0.25) is 10.0 Å². The molecule has 6 heteroatoms. The first-order valence-corrected chi connectivity index (χ1v) is 9.69. The van der Waals surface area contributed by atoms with Gasteiger partial charge in [0.25, 0.3) is 0 Å². The Morgan fingerprint density at radius 2 is 2.27 bits per heavy atom. The molecule has 1 saturated carbocycles. The van der Waals surface area contributed by atoms with E-state index >= 15 is 0 Å². The van der Waals surface area contributed by atoms with Gasteiger partial charge in [0.05, 0.1) is 25.2 Å². The molecule has 2 atom stereocenters. The summed E-state index contributed by atoms with van der Waals surface area (Å²) in [6.07, 6.45) is 4.65. The second-order valence-electron chi connectivity index (χ2n) is 6.77. The van der Waals surface area contributed by atoms with E-state index in [1.165, 1.54) is 12.7 Å². The molecule has 0 aromatic carbocycles. The number of ether oxygens (including phenoxy) is 1. The minimum atomic E-state index is -3.10. The molecule has 1 aromatic rings. The fourth-order valence-corrected chi connectivity index (χ4v) is 4.83. The molecule has 3 rings (SSSR count). The zero-order chi connectivity index (χ0) is 15.8. The Labute approximate surface area is 132 Å². The molecule has 0 radical (unpaired) electrons. The average Bonchev–Trinajstić information content (AvgIpc) is 2.95. The van der Waals surface area contributed by atoms with Crippen LogP contribution in [-0.2, 0) is 21.4 Å². The first kappa shape index (κ1) is 15.9. The fourth-order valence-electron chi connectivity index (χ4n) is 3.89. The Morgan fingerprint density at radius 1 is 1.45 bits per heavy atom. The van der Waals surface area contributed by atoms with Crippen LogP contribution in [0.3, 0.4) is 0 Å². The van der Waals surface area contributed by atoms with E-state index in [-0.39, 0.29) is 5.41 Å². The molecule has 0 bridgehead atoms. The van der Waals surface area contributed by atoms with Crippen molar-refractivity contribution in [3.63, 3.8) is 0 Å². The lowest BCUT2D eigenvalue weighted by Crippen LogP contribution is -2.34. The topological polar surface area (TPSA) is 59.5 Å². The Balaban J connectivity index is 1.63. The smallest absolute Gasteiger partial charge is 0.211 e. The van der Waals surface area contributed by atoms with Gasteiger partial charge in [0.15, 0.2) is 0 Å². The number of aromatic nitrogens is 1. The van der Waals surface area contributed by atoms with Crippen molar-refractivity contribution >= 4 is 10.0 Å². The van der Waals surface area contributed by atoms with Crippen LogP contribution >= 0.6 is 0 Å². The molecular weight excluding hydrogens is 300 g/mol. The molecule has 1 aromatic heterocycles. The van der Waals surface area contributed by atoms with Crippen LogP contribution in [0, 0.1) is 18.3 Å². The van der Waals surface area contributed by atoms with Crippen LogP contribution in [0.2, 0.25) is 0 Å². The second kappa shape index (κ2) is 5.91. The molecule has 0 unspecified atom stereocenters. The standard InChI is InChI=1S/C16H24N2O3S/c1-13-5-3-7-15(17-13)10-21-12-16-8-4-6-14(16)9-18(11-16)22(2,19)20/h3,5,7,14H,4,6,8-12H2,1-2H3/t14-,16+/m1/s1. The summed E-state index contributed by atoms with van der Waals surface area (Å²) in [6, 6.07) is 5.92. The van der Waals surface area contributed by atoms with Gasteiger partial charge in [-0.15, -0.1) is 0 Å². The summed E-state index contributed by atoms with van der Waals surface area (Å²) in [5.41, 5.74) is 1.93. The van der Waals surface area contributed by atoms with Gasteiger partial charge >= 0.3 is 0 Å². The molecule has 2 aliphatic rings. The van der Waals surface area contributed by atoms with Crippen molar-refractivity contribution in [3.05, 3.63) is 29.6 Å². The van der Waals surface area contributed by atoms with Crippen LogP contribution in [0.4, 0.5) is 0 Å². The van der Waals surface area contributed by atoms with Gasteiger partial charge < -0.3 is 4.74 Å². The molecule has 1 saturated heterocycles. The zero-order valence-electron chi connectivity index (χ0n) is 13.3. The molecule has 0 amide bonds. The monoisotopic (exact) mass is 324 g/mol. The molecule has 5 nitrogen and oxygen atoms in total. The van der Waals surface area contributed by atoms with Crippen LogP contribution in [0.5, 0.6) is 0 Å². The molecule has 22 heavy (non-hydrogen) atoms. The zero-order valence-corrected chi connectivity index (χ0v) is 14.1. The van der Waals surface area contributed by atoms with E-state index < -0.39 is 10.0 Å². The summed E-state index contributed by atoms with van der Waals surface area (Å²) < 4.78 is 31.2. The minimum absolute atomic E-state index is 0.00685. The predicted molar refractivity (Wildman–Crippen MR) is 84.8 cm³/mol. The minimum Gasteiger partial charge on any atom is -0.375 e. The summed E-state index contributed by atoms with van der Waals surface area (Å²) >= 11 is 0. The normalized spacial score (nSPS) is 28.9. The molecule has 122 valence electrons. The molecule has 1 aliphatic carbocycles. The maximum atomic E-state index is 11.8. The lowest BCUT2D eigenvalue weighted by molar-refractivity contribution is 0.0277. The van der Waals surface area contributed by atoms with Crippen molar-refractivity contribution in [2.24, 2.45) is 11.3 Å². The Morgan fingerprint density at radius 3 is 3.00 bits per heavy atom. The summed E-state index contributed by atoms with van der Waals surface area (Å²) in [4.78, 5) is 4.44. The Hall–Kier alpha value is -0.980. The lowest BCUT2D eigenvalue weighted by atomic mass is 9.82. The highest BCUT2D eigenvalue weighted by atomic mass is 32.2. The molecule has 0 N–H and O–H groups in total. The van der Waals surface area contributed by atoms with Crippen molar-refractivity contribution in [3.8, 4) is 0 Å². The van der Waals surface area contributed by atoms with Gasteiger partial charge in [-0.05, 0) is 37.8 Å². The third-order valence-electron chi connectivity index (χ3n) is 5.06. The van der Waals surface area contributed by atoms with Crippen LogP contribution in [0.15, 0.2) is 18.2 Å². The Bertz CT molecular complexity index is 647. The van der Waals surface area contributed by atoms with Crippen LogP contribution in [0.25, 0.3) is 0 Å². The van der Waals surface area contributed by atoms with E-state index in [1.807, 2.05) is 25.1 Å². The number of pyridine rings is 1. The quantitative estimate of drug-likeness (QED) is 0.831. The first-order valence-electron chi connectivity index (χ1n) is 7.84. The van der Waals surface area contributed by atoms with E-state index in [9.17, 15) is 8.42 Å². The average molecular weight is 324 g/mol. The van der Waals surface area contributed by atoms with Gasteiger partial charge in [-0.1, -0.05) is 12.5 Å². The number of aryl methyl sites for hydroxylation is 1. The lowest BCUT2D eigenvalue weighted by Gasteiger charge is -2.28. The van der Waals surface area contributed by atoms with Crippen molar-refractivity contribution in [2.75, 3.05) is 26.0 Å². The molecule has 2 heterocycles. The van der Waals surface area contributed by atoms with E-state index in [0.29, 0.717) is 32.2 Å². The van der Waals surface area contributed by atoms with Gasteiger partial charge in [-0.3, -0.25) is 4.98 Å². The van der Waals surface area contributed by atoms with Crippen LogP contribution < -0.4 is 0 Å². The summed E-state index contributed by atoms with van der Waals surface area (Å²) in [6.45, 7) is 4.35. The van der Waals surface area contributed by atoms with E-state index in [4.69, 9.17) is 4.74 Å². The highest BCUT2D eigenvalue weighted by Gasteiger charge is 2.51. The molecule has 0 spiro atoms. The van der Waals surface area contributed by atoms with E-state index in [0.717, 1.165) is 24.2 Å². The maximum absolute atomic E-state index is 11.8. The molecule has 1 aliphatic heterocycles. The van der Waals surface area contributed by atoms with Gasteiger partial charge in [-0.2, -0.15) is 0 Å². The van der Waals surface area contributed by atoms with E-state index in [1.54, 1.807) is 4.31 Å². The van der Waals surface area contributed by atoms with Crippen molar-refractivity contribution in [1.82, 2.24) is 9.29 Å². The highest BCUT2D eigenvalue weighted by molar-refractivity contribution is 7.88. The SMILES string of the molecule is Cc1cccc(COC[C@@]23CCC[C@@H]2CN(S(C)(=O)=O)C3)n1. The first-order chi connectivity index (χ1) is 10.4. The van der Waals surface area contributed by atoms with E-state index in [2.05, 4.69) is 4.98 Å². The van der Waals surface area contributed by atoms with Crippen LogP contribution in [-0.4, -0.2) is 43.7 Å². The van der Waals surface area contributed by atoms with Crippen molar-refractivity contribution in [1.29, 1.82) is 0 Å². The number of hydrogen-bond donors (Lipinski definition) is 0. The van der Waals surface area contributed by atoms with Gasteiger partial charge in [0, 0.05) is 24.2 Å². The van der Waals surface area contributed by atoms with Gasteiger partial charge in [0.1, 0.15) is 0 Å². The third-order valence-corrected chi connectivity index (χ3v) is 6.28. The third kappa shape index (κ3) is 3.19. The number of rotatable bonds is 5. The number of fused-ring (bicyclic) bond motifs is 1. The number of sulfonamides is 1. The largest absolute Gasteiger partial charge is 0.375 e. The fraction of sp³-hybridized carbons (Fsp3) is 0.688. The number of nitrogens with zero attached hydrogens (tertiary/aromatic N) is 2. The Kier molecular flexibility index (Phi) is 4.27. The summed E-state index contributed by atoms with van der Waals surface area (Å²) in [5, 5.41) is 0. The predicted octanol–water partition coefficient (Wildman–Crippen LogP) is 1.97. The summed E-state index contributed by atoms with van der Waals surface area (Å²) in [7, 11) is -3.10. The number of hydrogen-bond acceptors (Lipinski definition) is 4. The second-order valence-corrected chi connectivity index (χ2v) is 8.75. The van der Waals surface area contributed by atoms with Crippen LogP contribution in [0.1, 0.15) is 30.7 Å². The maximum Gasteiger partial charge on any atom is 0.211 e. The summed E-state index contributed by atoms with van der Waals surface area (Å²) in [5.74, 6) is 0.438. The van der Waals surface area contributed by atoms with Gasteiger partial charge in [-0.25, -0.2) is 12.7 Å². The van der Waals surface area contributed by atoms with Crippen molar-refractivity contribution in [2.45, 2.75) is 32.8 Å². The molecular formula is C16H24N2O3S. The van der Waals surface area contributed by atoms with Crippen molar-refractivity contribution < 1.29 is 13.2 Å². The highest BCUT2D eigenvalue weighted by Crippen LogP contribution is 2.49. The molecule has 2 fully saturated rings.